The van der Waals surface area contributed by atoms with Gasteiger partial charge in [0.05, 0.1) is 18.9 Å². The van der Waals surface area contributed by atoms with Crippen LogP contribution < -0.4 is 5.32 Å². The molecular formula is C8H13NO4. The number of piperidine rings is 1. The van der Waals surface area contributed by atoms with E-state index in [1.54, 1.807) is 0 Å². The van der Waals surface area contributed by atoms with Crippen molar-refractivity contribution in [2.75, 3.05) is 20.2 Å². The van der Waals surface area contributed by atoms with Crippen LogP contribution in [0.15, 0.2) is 0 Å². The van der Waals surface area contributed by atoms with E-state index < -0.39 is 11.9 Å². The van der Waals surface area contributed by atoms with Gasteiger partial charge in [-0.15, -0.1) is 0 Å². The molecule has 1 rings (SSSR count). The lowest BCUT2D eigenvalue weighted by atomic mass is 9.91. The summed E-state index contributed by atoms with van der Waals surface area (Å²) >= 11 is 0. The molecule has 1 aliphatic rings. The molecule has 5 heteroatoms. The van der Waals surface area contributed by atoms with Crippen molar-refractivity contribution >= 4 is 11.9 Å². The smallest absolute Gasteiger partial charge is 0.309 e. The molecule has 1 aliphatic heterocycles. The van der Waals surface area contributed by atoms with Crippen molar-refractivity contribution in [3.8, 4) is 0 Å². The average Bonchev–Trinajstić information content (AvgIpc) is 2.17. The summed E-state index contributed by atoms with van der Waals surface area (Å²) in [6.45, 7) is 0.944. The van der Waals surface area contributed by atoms with Gasteiger partial charge >= 0.3 is 11.9 Å². The average molecular weight is 187 g/mol. The Morgan fingerprint density at radius 3 is 2.54 bits per heavy atom. The van der Waals surface area contributed by atoms with E-state index in [0.29, 0.717) is 19.5 Å². The molecule has 74 valence electrons. The molecule has 0 radical (unpaired) electrons. The van der Waals surface area contributed by atoms with E-state index in [9.17, 15) is 9.59 Å². The normalized spacial score (nSPS) is 28.1. The van der Waals surface area contributed by atoms with E-state index in [1.807, 2.05) is 0 Å². The van der Waals surface area contributed by atoms with Gasteiger partial charge in [0.25, 0.3) is 0 Å². The van der Waals surface area contributed by atoms with Crippen LogP contribution in [0.3, 0.4) is 0 Å². The topological polar surface area (TPSA) is 75.6 Å². The van der Waals surface area contributed by atoms with E-state index >= 15 is 0 Å². The third-order valence-electron chi connectivity index (χ3n) is 2.23. The summed E-state index contributed by atoms with van der Waals surface area (Å²) in [6.07, 6.45) is 0.370. The molecule has 0 bridgehead atoms. The number of hydrogen-bond donors (Lipinski definition) is 2. The summed E-state index contributed by atoms with van der Waals surface area (Å²) in [6, 6.07) is 0. The maximum Gasteiger partial charge on any atom is 0.309 e. The molecule has 0 saturated carbocycles. The van der Waals surface area contributed by atoms with Crippen LogP contribution in [0.4, 0.5) is 0 Å². The quantitative estimate of drug-likeness (QED) is 0.568. The van der Waals surface area contributed by atoms with Gasteiger partial charge in [-0.25, -0.2) is 0 Å². The van der Waals surface area contributed by atoms with Gasteiger partial charge in [0.2, 0.25) is 0 Å². The molecule has 0 aliphatic carbocycles. The molecule has 2 N–H and O–H groups in total. The Morgan fingerprint density at radius 1 is 1.38 bits per heavy atom. The number of ether oxygens (including phenoxy) is 1. The predicted molar refractivity (Wildman–Crippen MR) is 44.1 cm³/mol. The van der Waals surface area contributed by atoms with Crippen LogP contribution >= 0.6 is 0 Å². The Kier molecular flexibility index (Phi) is 3.25. The first-order valence-electron chi connectivity index (χ1n) is 4.16. The number of carboxylic acids is 1. The highest BCUT2D eigenvalue weighted by Gasteiger charge is 2.31. The fraction of sp³-hybridized carbons (Fsp3) is 0.750. The van der Waals surface area contributed by atoms with E-state index in [4.69, 9.17) is 5.11 Å². The second-order valence-corrected chi connectivity index (χ2v) is 3.15. The number of methoxy groups -OCH3 is 1. The summed E-state index contributed by atoms with van der Waals surface area (Å²) in [5.74, 6) is -1.99. The second-order valence-electron chi connectivity index (χ2n) is 3.15. The number of aliphatic carboxylic acids is 1. The first-order chi connectivity index (χ1) is 6.15. The first-order valence-corrected chi connectivity index (χ1v) is 4.16. The Hall–Kier alpha value is -1.10. The lowest BCUT2D eigenvalue weighted by molar-refractivity contribution is -0.149. The fourth-order valence-electron chi connectivity index (χ4n) is 1.48. The van der Waals surface area contributed by atoms with Gasteiger partial charge in [-0.05, 0) is 6.42 Å². The van der Waals surface area contributed by atoms with E-state index in [-0.39, 0.29) is 11.9 Å². The van der Waals surface area contributed by atoms with Crippen molar-refractivity contribution in [1.29, 1.82) is 0 Å². The Labute approximate surface area is 76.1 Å². The van der Waals surface area contributed by atoms with E-state index in [1.165, 1.54) is 7.11 Å². The van der Waals surface area contributed by atoms with E-state index in [2.05, 4.69) is 10.1 Å². The number of hydrogen-bond acceptors (Lipinski definition) is 4. The fourth-order valence-corrected chi connectivity index (χ4v) is 1.48. The standard InChI is InChI=1S/C8H13NO4/c1-13-8(12)6-2-5(7(10)11)3-9-4-6/h5-6,9H,2-4H2,1H3,(H,10,11)/t5-,6-/m0/s1. The summed E-state index contributed by atoms with van der Waals surface area (Å²) in [5.41, 5.74) is 0. The van der Waals surface area contributed by atoms with Crippen molar-refractivity contribution in [2.45, 2.75) is 6.42 Å². The van der Waals surface area contributed by atoms with Gasteiger partial charge in [-0.1, -0.05) is 0 Å². The number of carbonyl (C=O) groups is 2. The number of esters is 1. The largest absolute Gasteiger partial charge is 0.481 e. The summed E-state index contributed by atoms with van der Waals surface area (Å²) in [7, 11) is 1.31. The van der Waals surface area contributed by atoms with Crippen molar-refractivity contribution in [3.63, 3.8) is 0 Å². The summed E-state index contributed by atoms with van der Waals surface area (Å²) in [5, 5.41) is 11.6. The molecule has 0 spiro atoms. The molecule has 0 aromatic rings. The third kappa shape index (κ3) is 2.42. The lowest BCUT2D eigenvalue weighted by Gasteiger charge is -2.25. The van der Waals surface area contributed by atoms with Gasteiger partial charge in [0, 0.05) is 13.1 Å². The molecule has 2 atom stereocenters. The van der Waals surface area contributed by atoms with Crippen molar-refractivity contribution in [2.24, 2.45) is 11.8 Å². The zero-order chi connectivity index (χ0) is 9.84. The summed E-state index contributed by atoms with van der Waals surface area (Å²) < 4.78 is 4.55. The van der Waals surface area contributed by atoms with Crippen LogP contribution in [0.25, 0.3) is 0 Å². The predicted octanol–water partition coefficient (Wildman–Crippen LogP) is -0.530. The van der Waals surface area contributed by atoms with Gasteiger partial charge in [-0.2, -0.15) is 0 Å². The lowest BCUT2D eigenvalue weighted by Crippen LogP contribution is -2.42. The van der Waals surface area contributed by atoms with E-state index in [0.717, 1.165) is 0 Å². The maximum absolute atomic E-state index is 11.1. The third-order valence-corrected chi connectivity index (χ3v) is 2.23. The highest BCUT2D eigenvalue weighted by molar-refractivity contribution is 5.75. The first kappa shape index (κ1) is 9.98. The Balaban J connectivity index is 2.51. The Morgan fingerprint density at radius 2 is 2.00 bits per heavy atom. The minimum absolute atomic E-state index is 0.320. The molecule has 1 heterocycles. The molecule has 1 fully saturated rings. The second kappa shape index (κ2) is 4.23. The minimum Gasteiger partial charge on any atom is -0.481 e. The number of nitrogens with one attached hydrogen (secondary N) is 1. The molecule has 5 nitrogen and oxygen atoms in total. The molecule has 0 amide bonds. The summed E-state index contributed by atoms with van der Waals surface area (Å²) in [4.78, 5) is 21.7. The van der Waals surface area contributed by atoms with Crippen LogP contribution in [-0.4, -0.2) is 37.2 Å². The maximum atomic E-state index is 11.1. The molecule has 1 saturated heterocycles. The number of rotatable bonds is 2. The van der Waals surface area contributed by atoms with Gasteiger partial charge in [0.15, 0.2) is 0 Å². The highest BCUT2D eigenvalue weighted by atomic mass is 16.5. The molecule has 0 aromatic carbocycles. The minimum atomic E-state index is -0.860. The van der Waals surface area contributed by atoms with Gasteiger partial charge in [-0.3, -0.25) is 9.59 Å². The van der Waals surface area contributed by atoms with Gasteiger partial charge < -0.3 is 15.2 Å². The molecule has 0 unspecified atom stereocenters. The van der Waals surface area contributed by atoms with Crippen LogP contribution in [0.2, 0.25) is 0 Å². The van der Waals surface area contributed by atoms with Crippen molar-refractivity contribution in [1.82, 2.24) is 5.32 Å². The highest BCUT2D eigenvalue weighted by Crippen LogP contribution is 2.17. The number of carbonyl (C=O) groups excluding carboxylic acids is 1. The zero-order valence-electron chi connectivity index (χ0n) is 7.45. The Bertz CT molecular complexity index is 216. The molecular weight excluding hydrogens is 174 g/mol. The van der Waals surface area contributed by atoms with Crippen LogP contribution in [0, 0.1) is 11.8 Å². The SMILES string of the molecule is COC(=O)[C@@H]1CNC[C@@H](C(=O)O)C1. The van der Waals surface area contributed by atoms with Crippen LogP contribution in [-0.2, 0) is 14.3 Å². The molecule has 0 aromatic heterocycles. The molecule has 13 heavy (non-hydrogen) atoms. The van der Waals surface area contributed by atoms with Crippen LogP contribution in [0.1, 0.15) is 6.42 Å². The van der Waals surface area contributed by atoms with Crippen molar-refractivity contribution < 1.29 is 19.4 Å². The monoisotopic (exact) mass is 187 g/mol. The van der Waals surface area contributed by atoms with Crippen molar-refractivity contribution in [3.05, 3.63) is 0 Å². The zero-order valence-corrected chi connectivity index (χ0v) is 7.45. The number of carboxylic acid groups (broad SMARTS) is 1. The van der Waals surface area contributed by atoms with Crippen LogP contribution in [0.5, 0.6) is 0 Å². The van der Waals surface area contributed by atoms with Gasteiger partial charge in [0.1, 0.15) is 0 Å².